The SMILES string of the molecule is CC(OC(=O)C1CCCN(c2ncccc2C(F)(F)F)C1)C(=O)NCc1cccs1. The molecule has 1 fully saturated rings. The number of alkyl halides is 3. The van der Waals surface area contributed by atoms with E-state index in [0.717, 1.165) is 10.9 Å². The minimum atomic E-state index is -4.54. The molecule has 1 aliphatic heterocycles. The number of anilines is 1. The lowest BCUT2D eigenvalue weighted by molar-refractivity contribution is -0.159. The van der Waals surface area contributed by atoms with Crippen molar-refractivity contribution in [3.8, 4) is 0 Å². The molecule has 0 saturated carbocycles. The van der Waals surface area contributed by atoms with Gasteiger partial charge in [-0.3, -0.25) is 9.59 Å². The standard InChI is InChI=1S/C20H22F3N3O3S/c1-13(18(27)25-11-15-6-4-10-30-15)29-19(28)14-5-3-9-26(12-14)17-16(20(21,22)23)7-2-8-24-17/h2,4,6-8,10,13-14H,3,5,9,11-12H2,1H3,(H,25,27). The summed E-state index contributed by atoms with van der Waals surface area (Å²) in [6.07, 6.45) is -3.23. The molecule has 1 aliphatic rings. The number of carbonyl (C=O) groups is 2. The summed E-state index contributed by atoms with van der Waals surface area (Å²) in [4.78, 5) is 31.0. The van der Waals surface area contributed by atoms with Crippen molar-refractivity contribution in [2.24, 2.45) is 5.92 Å². The van der Waals surface area contributed by atoms with Gasteiger partial charge in [0.25, 0.3) is 5.91 Å². The summed E-state index contributed by atoms with van der Waals surface area (Å²) in [5.74, 6) is -1.84. The van der Waals surface area contributed by atoms with Gasteiger partial charge in [-0.05, 0) is 43.3 Å². The molecule has 0 aromatic carbocycles. The maximum atomic E-state index is 13.3. The molecule has 6 nitrogen and oxygen atoms in total. The van der Waals surface area contributed by atoms with E-state index in [1.807, 2.05) is 17.5 Å². The zero-order valence-electron chi connectivity index (χ0n) is 16.3. The molecule has 0 spiro atoms. The molecule has 1 saturated heterocycles. The number of thiophene rings is 1. The van der Waals surface area contributed by atoms with Gasteiger partial charge in [-0.15, -0.1) is 11.3 Å². The summed E-state index contributed by atoms with van der Waals surface area (Å²) < 4.78 is 45.2. The Balaban J connectivity index is 1.59. The predicted molar refractivity (Wildman–Crippen MR) is 106 cm³/mol. The minimum Gasteiger partial charge on any atom is -0.452 e. The van der Waals surface area contributed by atoms with Crippen LogP contribution >= 0.6 is 11.3 Å². The number of nitrogens with zero attached hydrogens (tertiary/aromatic N) is 2. The van der Waals surface area contributed by atoms with Crippen LogP contribution in [-0.4, -0.2) is 36.1 Å². The summed E-state index contributed by atoms with van der Waals surface area (Å²) in [5.41, 5.74) is -0.833. The quantitative estimate of drug-likeness (QED) is 0.694. The van der Waals surface area contributed by atoms with Crippen LogP contribution in [0.1, 0.15) is 30.2 Å². The molecule has 3 heterocycles. The molecule has 2 aromatic rings. The number of nitrogens with one attached hydrogen (secondary N) is 1. The Morgan fingerprint density at radius 1 is 1.37 bits per heavy atom. The van der Waals surface area contributed by atoms with Gasteiger partial charge in [0.1, 0.15) is 5.82 Å². The lowest BCUT2D eigenvalue weighted by Gasteiger charge is -2.34. The van der Waals surface area contributed by atoms with Gasteiger partial charge >= 0.3 is 12.1 Å². The molecule has 2 atom stereocenters. The largest absolute Gasteiger partial charge is 0.452 e. The number of rotatable bonds is 6. The molecule has 0 bridgehead atoms. The van der Waals surface area contributed by atoms with Crippen molar-refractivity contribution in [2.75, 3.05) is 18.0 Å². The lowest BCUT2D eigenvalue weighted by atomic mass is 9.97. The van der Waals surface area contributed by atoms with Crippen LogP contribution in [0.25, 0.3) is 0 Å². The van der Waals surface area contributed by atoms with E-state index in [1.54, 1.807) is 0 Å². The monoisotopic (exact) mass is 441 g/mol. The van der Waals surface area contributed by atoms with Gasteiger partial charge in [0.15, 0.2) is 6.10 Å². The number of aromatic nitrogens is 1. The van der Waals surface area contributed by atoms with E-state index < -0.39 is 35.6 Å². The van der Waals surface area contributed by atoms with Crippen LogP contribution in [0.5, 0.6) is 0 Å². The Morgan fingerprint density at radius 3 is 2.87 bits per heavy atom. The van der Waals surface area contributed by atoms with E-state index in [4.69, 9.17) is 4.74 Å². The topological polar surface area (TPSA) is 71.5 Å². The molecule has 2 aromatic heterocycles. The summed E-state index contributed by atoms with van der Waals surface area (Å²) in [7, 11) is 0. The van der Waals surface area contributed by atoms with Crippen LogP contribution in [0.4, 0.5) is 19.0 Å². The zero-order valence-corrected chi connectivity index (χ0v) is 17.1. The first kappa shape index (κ1) is 22.1. The molecule has 1 N–H and O–H groups in total. The fourth-order valence-electron chi connectivity index (χ4n) is 3.29. The van der Waals surface area contributed by atoms with Crippen molar-refractivity contribution in [2.45, 2.75) is 38.6 Å². The van der Waals surface area contributed by atoms with Crippen molar-refractivity contribution < 1.29 is 27.5 Å². The van der Waals surface area contributed by atoms with Crippen molar-refractivity contribution in [1.29, 1.82) is 0 Å². The number of halogens is 3. The molecule has 0 aliphatic carbocycles. The Bertz CT molecular complexity index is 874. The fourth-order valence-corrected chi connectivity index (χ4v) is 3.93. The van der Waals surface area contributed by atoms with Crippen molar-refractivity contribution in [3.05, 3.63) is 46.3 Å². The van der Waals surface area contributed by atoms with Gasteiger partial charge < -0.3 is 15.0 Å². The molecule has 0 radical (unpaired) electrons. The lowest BCUT2D eigenvalue weighted by Crippen LogP contribution is -2.43. The van der Waals surface area contributed by atoms with Gasteiger partial charge in [-0.2, -0.15) is 13.2 Å². The number of hydrogen-bond donors (Lipinski definition) is 1. The average Bonchev–Trinajstić information content (AvgIpc) is 3.25. The second-order valence-electron chi connectivity index (χ2n) is 7.03. The van der Waals surface area contributed by atoms with Crippen LogP contribution in [-0.2, 0) is 27.0 Å². The summed E-state index contributed by atoms with van der Waals surface area (Å²) in [6, 6.07) is 5.96. The highest BCUT2D eigenvalue weighted by Gasteiger charge is 2.38. The molecule has 162 valence electrons. The number of piperidine rings is 1. The predicted octanol–water partition coefficient (Wildman–Crippen LogP) is 3.63. The summed E-state index contributed by atoms with van der Waals surface area (Å²) in [5, 5.41) is 4.60. The summed E-state index contributed by atoms with van der Waals surface area (Å²) >= 11 is 1.50. The Hall–Kier alpha value is -2.62. The van der Waals surface area contributed by atoms with E-state index in [-0.39, 0.29) is 12.4 Å². The first-order valence-electron chi connectivity index (χ1n) is 9.53. The normalized spacial score (nSPS) is 18.0. The maximum absolute atomic E-state index is 13.3. The van der Waals surface area contributed by atoms with Gasteiger partial charge in [-0.25, -0.2) is 4.98 Å². The van der Waals surface area contributed by atoms with E-state index >= 15 is 0 Å². The first-order valence-corrected chi connectivity index (χ1v) is 10.4. The molecular weight excluding hydrogens is 419 g/mol. The third-order valence-electron chi connectivity index (χ3n) is 4.83. The Labute approximate surface area is 176 Å². The highest BCUT2D eigenvalue weighted by molar-refractivity contribution is 7.09. The minimum absolute atomic E-state index is 0.0580. The second kappa shape index (κ2) is 9.46. The van der Waals surface area contributed by atoms with Gasteiger partial charge in [-0.1, -0.05) is 6.07 Å². The third kappa shape index (κ3) is 5.50. The fraction of sp³-hybridized carbons (Fsp3) is 0.450. The number of ether oxygens (including phenoxy) is 1. The van der Waals surface area contributed by atoms with E-state index in [9.17, 15) is 22.8 Å². The number of esters is 1. The van der Waals surface area contributed by atoms with Gasteiger partial charge in [0.2, 0.25) is 0 Å². The van der Waals surface area contributed by atoms with E-state index in [2.05, 4.69) is 10.3 Å². The van der Waals surface area contributed by atoms with Crippen molar-refractivity contribution >= 4 is 29.0 Å². The van der Waals surface area contributed by atoms with Crippen molar-refractivity contribution in [1.82, 2.24) is 10.3 Å². The Kier molecular flexibility index (Phi) is 6.96. The zero-order chi connectivity index (χ0) is 21.7. The van der Waals surface area contributed by atoms with Crippen LogP contribution in [0, 0.1) is 5.92 Å². The highest BCUT2D eigenvalue weighted by Crippen LogP contribution is 2.36. The van der Waals surface area contributed by atoms with Gasteiger partial charge in [0, 0.05) is 24.2 Å². The van der Waals surface area contributed by atoms with Crippen LogP contribution in [0.3, 0.4) is 0 Å². The first-order chi connectivity index (χ1) is 14.3. The van der Waals surface area contributed by atoms with Crippen LogP contribution in [0.15, 0.2) is 35.8 Å². The number of carbonyl (C=O) groups excluding carboxylic acids is 2. The number of hydrogen-bond acceptors (Lipinski definition) is 6. The number of pyridine rings is 1. The number of amides is 1. The Morgan fingerprint density at radius 2 is 2.17 bits per heavy atom. The highest BCUT2D eigenvalue weighted by atomic mass is 32.1. The van der Waals surface area contributed by atoms with Crippen LogP contribution < -0.4 is 10.2 Å². The molecule has 10 heteroatoms. The smallest absolute Gasteiger partial charge is 0.419 e. The second-order valence-corrected chi connectivity index (χ2v) is 8.07. The molecule has 3 rings (SSSR count). The van der Waals surface area contributed by atoms with E-state index in [0.29, 0.717) is 25.9 Å². The van der Waals surface area contributed by atoms with Crippen molar-refractivity contribution in [3.63, 3.8) is 0 Å². The molecule has 1 amide bonds. The molecule has 2 unspecified atom stereocenters. The molecule has 30 heavy (non-hydrogen) atoms. The van der Waals surface area contributed by atoms with E-state index in [1.165, 1.54) is 35.4 Å². The van der Waals surface area contributed by atoms with Gasteiger partial charge in [0.05, 0.1) is 18.0 Å². The third-order valence-corrected chi connectivity index (χ3v) is 5.70. The summed E-state index contributed by atoms with van der Waals surface area (Å²) in [6.45, 7) is 2.24. The average molecular weight is 441 g/mol. The van der Waals surface area contributed by atoms with Crippen LogP contribution in [0.2, 0.25) is 0 Å². The maximum Gasteiger partial charge on any atom is 0.419 e. The molecular formula is C20H22F3N3O3S.